The first-order chi connectivity index (χ1) is 10.6. The van der Waals surface area contributed by atoms with Crippen LogP contribution in [0.4, 0.5) is 4.79 Å². The Bertz CT molecular complexity index is 624. The SMILES string of the molecule is CCc1nc(CCNC(=O)NC(C)c2ccccc2C)cs1. The van der Waals surface area contributed by atoms with Gasteiger partial charge in [0.2, 0.25) is 0 Å². The summed E-state index contributed by atoms with van der Waals surface area (Å²) in [5, 5.41) is 9.07. The van der Waals surface area contributed by atoms with Gasteiger partial charge in [-0.3, -0.25) is 0 Å². The fourth-order valence-corrected chi connectivity index (χ4v) is 3.11. The van der Waals surface area contributed by atoms with Crippen molar-refractivity contribution in [3.05, 3.63) is 51.5 Å². The third-order valence-corrected chi connectivity index (χ3v) is 4.61. The first-order valence-electron chi connectivity index (χ1n) is 7.63. The van der Waals surface area contributed by atoms with Gasteiger partial charge in [-0.25, -0.2) is 9.78 Å². The third-order valence-electron chi connectivity index (χ3n) is 3.57. The summed E-state index contributed by atoms with van der Waals surface area (Å²) >= 11 is 1.68. The van der Waals surface area contributed by atoms with Crippen LogP contribution >= 0.6 is 11.3 Å². The molecule has 2 amide bonds. The van der Waals surface area contributed by atoms with Crippen LogP contribution < -0.4 is 10.6 Å². The molecule has 1 unspecified atom stereocenters. The summed E-state index contributed by atoms with van der Waals surface area (Å²) in [5.74, 6) is 0. The van der Waals surface area contributed by atoms with Gasteiger partial charge in [-0.15, -0.1) is 11.3 Å². The Kier molecular flexibility index (Phi) is 5.95. The molecule has 1 heterocycles. The number of aryl methyl sites for hydroxylation is 2. The molecule has 0 aliphatic carbocycles. The molecule has 118 valence electrons. The van der Waals surface area contributed by atoms with Crippen LogP contribution in [0.5, 0.6) is 0 Å². The van der Waals surface area contributed by atoms with Crippen LogP contribution in [0.2, 0.25) is 0 Å². The van der Waals surface area contributed by atoms with Gasteiger partial charge in [-0.05, 0) is 31.4 Å². The second kappa shape index (κ2) is 7.94. The average Bonchev–Trinajstić information content (AvgIpc) is 2.95. The van der Waals surface area contributed by atoms with Crippen LogP contribution in [0.25, 0.3) is 0 Å². The number of amides is 2. The van der Waals surface area contributed by atoms with Gasteiger partial charge in [0, 0.05) is 18.3 Å². The lowest BCUT2D eigenvalue weighted by atomic mass is 10.0. The number of thiazole rings is 1. The molecule has 4 nitrogen and oxygen atoms in total. The average molecular weight is 317 g/mol. The maximum atomic E-state index is 11.9. The van der Waals surface area contributed by atoms with E-state index in [1.165, 1.54) is 5.56 Å². The molecule has 22 heavy (non-hydrogen) atoms. The van der Waals surface area contributed by atoms with Crippen molar-refractivity contribution in [2.75, 3.05) is 6.54 Å². The molecule has 0 aliphatic rings. The summed E-state index contributed by atoms with van der Waals surface area (Å²) in [6.45, 7) is 6.75. The van der Waals surface area contributed by atoms with Crippen LogP contribution in [0.15, 0.2) is 29.6 Å². The Balaban J connectivity index is 1.77. The molecule has 5 heteroatoms. The molecular formula is C17H23N3OS. The number of carbonyl (C=O) groups excluding carboxylic acids is 1. The van der Waals surface area contributed by atoms with E-state index in [-0.39, 0.29) is 12.1 Å². The molecule has 0 aliphatic heterocycles. The minimum Gasteiger partial charge on any atom is -0.338 e. The first kappa shape index (κ1) is 16.5. The van der Waals surface area contributed by atoms with Crippen LogP contribution in [0.1, 0.15) is 41.7 Å². The van der Waals surface area contributed by atoms with E-state index in [1.807, 2.05) is 25.1 Å². The van der Waals surface area contributed by atoms with Crippen molar-refractivity contribution in [3.63, 3.8) is 0 Å². The van der Waals surface area contributed by atoms with Crippen molar-refractivity contribution < 1.29 is 4.79 Å². The number of nitrogens with zero attached hydrogens (tertiary/aromatic N) is 1. The molecule has 1 atom stereocenters. The lowest BCUT2D eigenvalue weighted by Crippen LogP contribution is -2.38. The summed E-state index contributed by atoms with van der Waals surface area (Å²) < 4.78 is 0. The number of rotatable bonds is 6. The normalized spacial score (nSPS) is 12.0. The van der Waals surface area contributed by atoms with Gasteiger partial charge in [-0.2, -0.15) is 0 Å². The van der Waals surface area contributed by atoms with Crippen LogP contribution in [-0.4, -0.2) is 17.6 Å². The second-order valence-corrected chi connectivity index (χ2v) is 6.26. The summed E-state index contributed by atoms with van der Waals surface area (Å²) in [6, 6.07) is 7.95. The van der Waals surface area contributed by atoms with Gasteiger partial charge in [0.05, 0.1) is 16.7 Å². The maximum absolute atomic E-state index is 11.9. The van der Waals surface area contributed by atoms with Crippen molar-refractivity contribution in [2.24, 2.45) is 0 Å². The number of carbonyl (C=O) groups is 1. The van der Waals surface area contributed by atoms with Gasteiger partial charge in [0.1, 0.15) is 0 Å². The van der Waals surface area contributed by atoms with E-state index in [0.717, 1.165) is 29.1 Å². The van der Waals surface area contributed by atoms with Crippen molar-refractivity contribution in [1.82, 2.24) is 15.6 Å². The van der Waals surface area contributed by atoms with Gasteiger partial charge in [0.15, 0.2) is 0 Å². The molecule has 2 N–H and O–H groups in total. The van der Waals surface area contributed by atoms with Gasteiger partial charge in [0.25, 0.3) is 0 Å². The Morgan fingerprint density at radius 1 is 1.36 bits per heavy atom. The van der Waals surface area contributed by atoms with E-state index in [4.69, 9.17) is 0 Å². The monoisotopic (exact) mass is 317 g/mol. The lowest BCUT2D eigenvalue weighted by molar-refractivity contribution is 0.238. The van der Waals surface area contributed by atoms with E-state index in [9.17, 15) is 4.79 Å². The highest BCUT2D eigenvalue weighted by Gasteiger charge is 2.10. The molecule has 0 spiro atoms. The number of hydrogen-bond donors (Lipinski definition) is 2. The summed E-state index contributed by atoms with van der Waals surface area (Å²) in [5.41, 5.74) is 3.38. The molecule has 0 bridgehead atoms. The Morgan fingerprint density at radius 2 is 2.14 bits per heavy atom. The largest absolute Gasteiger partial charge is 0.338 e. The molecule has 0 radical (unpaired) electrons. The zero-order valence-corrected chi connectivity index (χ0v) is 14.2. The van der Waals surface area contributed by atoms with Crippen LogP contribution in [0, 0.1) is 6.92 Å². The van der Waals surface area contributed by atoms with Gasteiger partial charge >= 0.3 is 6.03 Å². The zero-order valence-electron chi connectivity index (χ0n) is 13.3. The quantitative estimate of drug-likeness (QED) is 0.855. The topological polar surface area (TPSA) is 54.0 Å². The van der Waals surface area contributed by atoms with Crippen molar-refractivity contribution in [2.45, 2.75) is 39.7 Å². The zero-order chi connectivity index (χ0) is 15.9. The molecule has 2 aromatic rings. The predicted octanol–water partition coefficient (Wildman–Crippen LogP) is 3.62. The molecule has 0 saturated carbocycles. The highest BCUT2D eigenvalue weighted by Crippen LogP contribution is 2.16. The van der Waals surface area contributed by atoms with Gasteiger partial charge in [-0.1, -0.05) is 31.2 Å². The minimum atomic E-state index is -0.137. The molecule has 2 rings (SSSR count). The molecule has 1 aromatic carbocycles. The summed E-state index contributed by atoms with van der Waals surface area (Å²) in [4.78, 5) is 16.4. The van der Waals surface area contributed by atoms with E-state index in [1.54, 1.807) is 11.3 Å². The van der Waals surface area contributed by atoms with E-state index in [0.29, 0.717) is 6.54 Å². The highest BCUT2D eigenvalue weighted by molar-refractivity contribution is 7.09. The van der Waals surface area contributed by atoms with Crippen LogP contribution in [0.3, 0.4) is 0 Å². The third kappa shape index (κ3) is 4.56. The second-order valence-electron chi connectivity index (χ2n) is 5.31. The summed E-state index contributed by atoms with van der Waals surface area (Å²) in [6.07, 6.45) is 1.73. The first-order valence-corrected chi connectivity index (χ1v) is 8.51. The fraction of sp³-hybridized carbons (Fsp3) is 0.412. The number of benzene rings is 1. The standard InChI is InChI=1S/C17H23N3OS/c1-4-16-20-14(11-22-16)9-10-18-17(21)19-13(3)15-8-6-5-7-12(15)2/h5-8,11,13H,4,9-10H2,1-3H3,(H2,18,19,21). The summed E-state index contributed by atoms with van der Waals surface area (Å²) in [7, 11) is 0. The van der Waals surface area contributed by atoms with E-state index in [2.05, 4.69) is 40.9 Å². The predicted molar refractivity (Wildman–Crippen MR) is 91.3 cm³/mol. The molecule has 1 aromatic heterocycles. The van der Waals surface area contributed by atoms with E-state index < -0.39 is 0 Å². The molecule has 0 saturated heterocycles. The van der Waals surface area contributed by atoms with E-state index >= 15 is 0 Å². The Morgan fingerprint density at radius 3 is 2.82 bits per heavy atom. The number of hydrogen-bond acceptors (Lipinski definition) is 3. The smallest absolute Gasteiger partial charge is 0.315 e. The minimum absolute atomic E-state index is 0.00725. The fourth-order valence-electron chi connectivity index (χ4n) is 2.33. The van der Waals surface area contributed by atoms with Gasteiger partial charge < -0.3 is 10.6 Å². The van der Waals surface area contributed by atoms with Crippen molar-refractivity contribution >= 4 is 17.4 Å². The molecular weight excluding hydrogens is 294 g/mol. The maximum Gasteiger partial charge on any atom is 0.315 e. The van der Waals surface area contributed by atoms with Crippen LogP contribution in [-0.2, 0) is 12.8 Å². The van der Waals surface area contributed by atoms with Crippen molar-refractivity contribution in [1.29, 1.82) is 0 Å². The number of aromatic nitrogens is 1. The number of urea groups is 1. The van der Waals surface area contributed by atoms with Crippen molar-refractivity contribution in [3.8, 4) is 0 Å². The molecule has 0 fully saturated rings. The number of nitrogens with one attached hydrogen (secondary N) is 2. The Labute approximate surface area is 136 Å². The Hall–Kier alpha value is -1.88. The lowest BCUT2D eigenvalue weighted by Gasteiger charge is -2.17. The highest BCUT2D eigenvalue weighted by atomic mass is 32.1.